The van der Waals surface area contributed by atoms with Gasteiger partial charge >= 0.3 is 0 Å². The third-order valence-corrected chi connectivity index (χ3v) is 3.93. The van der Waals surface area contributed by atoms with Crippen molar-refractivity contribution in [1.29, 1.82) is 0 Å². The van der Waals surface area contributed by atoms with Crippen molar-refractivity contribution in [1.82, 2.24) is 0 Å². The van der Waals surface area contributed by atoms with E-state index in [9.17, 15) is 19.7 Å². The third-order valence-electron chi connectivity index (χ3n) is 3.62. The van der Waals surface area contributed by atoms with Crippen LogP contribution in [0.25, 0.3) is 0 Å². The summed E-state index contributed by atoms with van der Waals surface area (Å²) in [6.45, 7) is 2.13. The van der Waals surface area contributed by atoms with Gasteiger partial charge < -0.3 is 20.7 Å². The quantitative estimate of drug-likeness (QED) is 0.350. The highest BCUT2D eigenvalue weighted by Gasteiger charge is 2.18. The first-order valence-electron chi connectivity index (χ1n) is 8.21. The summed E-state index contributed by atoms with van der Waals surface area (Å²) >= 11 is 6.13. The summed E-state index contributed by atoms with van der Waals surface area (Å²) in [7, 11) is 1.53. The molecule has 0 fully saturated rings. The van der Waals surface area contributed by atoms with Crippen molar-refractivity contribution >= 4 is 46.2 Å². The number of benzene rings is 2. The molecule has 0 saturated heterocycles. The molecule has 148 valence electrons. The molecule has 10 heteroatoms. The Morgan fingerprint density at radius 3 is 2.46 bits per heavy atom. The zero-order valence-corrected chi connectivity index (χ0v) is 16.0. The lowest BCUT2D eigenvalue weighted by atomic mass is 10.1. The van der Waals surface area contributed by atoms with E-state index in [4.69, 9.17) is 16.3 Å². The summed E-state index contributed by atoms with van der Waals surface area (Å²) in [6, 6.07) is 8.71. The zero-order valence-electron chi connectivity index (χ0n) is 15.2. The molecule has 0 aromatic heterocycles. The molecule has 0 aliphatic rings. The maximum atomic E-state index is 12.5. The largest absolute Gasteiger partial charge is 0.383 e. The molecule has 3 N–H and O–H groups in total. The Hall–Kier alpha value is -3.17. The first kappa shape index (κ1) is 21.1. The number of rotatable bonds is 8. The first-order valence-corrected chi connectivity index (χ1v) is 8.59. The maximum absolute atomic E-state index is 12.5. The Kier molecular flexibility index (Phi) is 7.30. The van der Waals surface area contributed by atoms with Crippen LogP contribution in [0.2, 0.25) is 5.02 Å². The van der Waals surface area contributed by atoms with Crippen LogP contribution in [0.1, 0.15) is 17.3 Å². The number of amides is 2. The molecule has 2 aromatic carbocycles. The van der Waals surface area contributed by atoms with Gasteiger partial charge in [-0.15, -0.1) is 0 Å². The monoisotopic (exact) mass is 406 g/mol. The second-order valence-electron chi connectivity index (χ2n) is 5.74. The fourth-order valence-electron chi connectivity index (χ4n) is 2.35. The minimum absolute atomic E-state index is 0.103. The fourth-order valence-corrected chi connectivity index (χ4v) is 2.58. The van der Waals surface area contributed by atoms with Crippen LogP contribution in [0.4, 0.5) is 22.7 Å². The molecule has 28 heavy (non-hydrogen) atoms. The molecule has 0 atom stereocenters. The van der Waals surface area contributed by atoms with Crippen LogP contribution in [0.3, 0.4) is 0 Å². The molecule has 0 saturated carbocycles. The third kappa shape index (κ3) is 5.66. The van der Waals surface area contributed by atoms with Crippen molar-refractivity contribution in [2.24, 2.45) is 0 Å². The number of carbonyl (C=O) groups is 2. The Bertz CT molecular complexity index is 904. The number of anilines is 3. The van der Waals surface area contributed by atoms with E-state index in [1.165, 1.54) is 44.4 Å². The van der Waals surface area contributed by atoms with Gasteiger partial charge in [0, 0.05) is 37.9 Å². The van der Waals surface area contributed by atoms with Crippen molar-refractivity contribution in [2.45, 2.75) is 6.92 Å². The summed E-state index contributed by atoms with van der Waals surface area (Å²) < 4.78 is 4.90. The van der Waals surface area contributed by atoms with E-state index in [-0.39, 0.29) is 27.9 Å². The summed E-state index contributed by atoms with van der Waals surface area (Å²) in [4.78, 5) is 34.3. The van der Waals surface area contributed by atoms with Gasteiger partial charge in [0.2, 0.25) is 5.91 Å². The lowest BCUT2D eigenvalue weighted by molar-refractivity contribution is -0.384. The molecule has 0 aliphatic carbocycles. The standard InChI is InChI=1S/C18H19ClN4O5/c1-11(24)21-13-4-6-15(14(19)10-13)22-18(25)12-3-5-16(20-7-8-28-2)17(9-12)23(26)27/h3-6,9-10,20H,7-8H2,1-2H3,(H,21,24)(H,22,25). The summed E-state index contributed by atoms with van der Waals surface area (Å²) in [5, 5.41) is 19.6. The predicted octanol–water partition coefficient (Wildman–Crippen LogP) is 3.52. The number of carbonyl (C=O) groups excluding carboxylic acids is 2. The highest BCUT2D eigenvalue weighted by atomic mass is 35.5. The van der Waals surface area contributed by atoms with Gasteiger partial charge in [-0.05, 0) is 30.3 Å². The summed E-state index contributed by atoms with van der Waals surface area (Å²) in [5.41, 5.74) is 0.960. The molecular formula is C18H19ClN4O5. The molecule has 0 bridgehead atoms. The second kappa shape index (κ2) is 9.67. The van der Waals surface area contributed by atoms with Gasteiger partial charge in [-0.3, -0.25) is 19.7 Å². The molecule has 0 unspecified atom stereocenters. The highest BCUT2D eigenvalue weighted by Crippen LogP contribution is 2.28. The van der Waals surface area contributed by atoms with Crippen LogP contribution in [-0.4, -0.2) is 37.0 Å². The van der Waals surface area contributed by atoms with Gasteiger partial charge in [-0.25, -0.2) is 0 Å². The van der Waals surface area contributed by atoms with Gasteiger partial charge in [0.1, 0.15) is 5.69 Å². The minimum atomic E-state index is -0.568. The predicted molar refractivity (Wildman–Crippen MR) is 107 cm³/mol. The SMILES string of the molecule is COCCNc1ccc(C(=O)Nc2ccc(NC(C)=O)cc2Cl)cc1[N+](=O)[O-]. The minimum Gasteiger partial charge on any atom is -0.383 e. The number of halogens is 1. The van der Waals surface area contributed by atoms with E-state index in [1.807, 2.05) is 0 Å². The molecule has 2 amide bonds. The van der Waals surface area contributed by atoms with Gasteiger partial charge in [-0.2, -0.15) is 0 Å². The van der Waals surface area contributed by atoms with E-state index in [1.54, 1.807) is 6.07 Å². The molecule has 0 radical (unpaired) electrons. The average Bonchev–Trinajstić information content (AvgIpc) is 2.63. The number of nitro groups is 1. The molecule has 9 nitrogen and oxygen atoms in total. The van der Waals surface area contributed by atoms with Crippen LogP contribution in [0.5, 0.6) is 0 Å². The zero-order chi connectivity index (χ0) is 20.7. The van der Waals surface area contributed by atoms with E-state index >= 15 is 0 Å². The summed E-state index contributed by atoms with van der Waals surface area (Å²) in [6.07, 6.45) is 0. The van der Waals surface area contributed by atoms with Crippen LogP contribution < -0.4 is 16.0 Å². The second-order valence-corrected chi connectivity index (χ2v) is 6.15. The normalized spacial score (nSPS) is 10.2. The van der Waals surface area contributed by atoms with Gasteiger partial charge in [0.25, 0.3) is 11.6 Å². The highest BCUT2D eigenvalue weighted by molar-refractivity contribution is 6.34. The van der Waals surface area contributed by atoms with Gasteiger partial charge in [-0.1, -0.05) is 11.6 Å². The summed E-state index contributed by atoms with van der Waals surface area (Å²) in [5.74, 6) is -0.805. The average molecular weight is 407 g/mol. The fraction of sp³-hybridized carbons (Fsp3) is 0.222. The lowest BCUT2D eigenvalue weighted by Gasteiger charge is -2.11. The van der Waals surface area contributed by atoms with Crippen LogP contribution in [0.15, 0.2) is 36.4 Å². The Balaban J connectivity index is 2.18. The molecular weight excluding hydrogens is 388 g/mol. The van der Waals surface area contributed by atoms with Crippen LogP contribution in [0, 0.1) is 10.1 Å². The van der Waals surface area contributed by atoms with E-state index in [0.29, 0.717) is 24.5 Å². The lowest BCUT2D eigenvalue weighted by Crippen LogP contribution is -2.14. The first-order chi connectivity index (χ1) is 13.3. The number of nitrogens with zero attached hydrogens (tertiary/aromatic N) is 1. The molecule has 2 aromatic rings. The number of ether oxygens (including phenoxy) is 1. The van der Waals surface area contributed by atoms with E-state index in [0.717, 1.165) is 0 Å². The molecule has 0 spiro atoms. The van der Waals surface area contributed by atoms with Crippen molar-refractivity contribution in [2.75, 3.05) is 36.2 Å². The topological polar surface area (TPSA) is 123 Å². The van der Waals surface area contributed by atoms with Crippen LogP contribution >= 0.6 is 11.6 Å². The van der Waals surface area contributed by atoms with Gasteiger partial charge in [0.05, 0.1) is 22.2 Å². The molecule has 0 heterocycles. The van der Waals surface area contributed by atoms with E-state index in [2.05, 4.69) is 16.0 Å². The number of methoxy groups -OCH3 is 1. The van der Waals surface area contributed by atoms with Crippen molar-refractivity contribution in [3.63, 3.8) is 0 Å². The number of hydrogen-bond donors (Lipinski definition) is 3. The van der Waals surface area contributed by atoms with Crippen molar-refractivity contribution < 1.29 is 19.2 Å². The van der Waals surface area contributed by atoms with E-state index < -0.39 is 10.8 Å². The Morgan fingerprint density at radius 2 is 1.86 bits per heavy atom. The number of nitro benzene ring substituents is 1. The van der Waals surface area contributed by atoms with Crippen molar-refractivity contribution in [3.8, 4) is 0 Å². The number of nitrogens with one attached hydrogen (secondary N) is 3. The molecule has 0 aliphatic heterocycles. The van der Waals surface area contributed by atoms with Gasteiger partial charge in [0.15, 0.2) is 0 Å². The molecule has 2 rings (SSSR count). The smallest absolute Gasteiger partial charge is 0.293 e. The Labute approximate surface area is 166 Å². The van der Waals surface area contributed by atoms with Crippen LogP contribution in [-0.2, 0) is 9.53 Å². The maximum Gasteiger partial charge on any atom is 0.293 e. The Morgan fingerprint density at radius 1 is 1.14 bits per heavy atom. The van der Waals surface area contributed by atoms with Crippen molar-refractivity contribution in [3.05, 3.63) is 57.1 Å². The number of hydrogen-bond acceptors (Lipinski definition) is 6.